The third-order valence-electron chi connectivity index (χ3n) is 1.53. The minimum Gasteiger partial charge on any atom is -0.461 e. The predicted molar refractivity (Wildman–Crippen MR) is 47.8 cm³/mol. The van der Waals surface area contributed by atoms with Crippen LogP contribution < -0.4 is 11.3 Å². The lowest BCUT2D eigenvalue weighted by atomic mass is 10.2. The summed E-state index contributed by atoms with van der Waals surface area (Å²) in [6.07, 6.45) is 1.62. The molecule has 66 valence electrons. The van der Waals surface area contributed by atoms with Crippen LogP contribution in [0.3, 0.4) is 0 Å². The van der Waals surface area contributed by atoms with Gasteiger partial charge in [-0.25, -0.2) is 5.84 Å². The lowest BCUT2D eigenvalue weighted by Crippen LogP contribution is -2.31. The van der Waals surface area contributed by atoms with Crippen LogP contribution in [0.2, 0.25) is 0 Å². The van der Waals surface area contributed by atoms with Crippen LogP contribution >= 0.6 is 0 Å². The molecular weight excluding hydrogens is 154 g/mol. The number of amidine groups is 1. The van der Waals surface area contributed by atoms with E-state index in [4.69, 9.17) is 10.3 Å². The first-order chi connectivity index (χ1) is 5.79. The zero-order valence-electron chi connectivity index (χ0n) is 7.29. The number of nitrogens with one attached hydrogen (secondary N) is 1. The molecule has 12 heavy (non-hydrogen) atoms. The molecule has 1 heterocycles. The average Bonchev–Trinajstić information content (AvgIpc) is 2.47. The molecule has 1 aromatic heterocycles. The average molecular weight is 167 g/mol. The maximum Gasteiger partial charge on any atom is 0.179 e. The van der Waals surface area contributed by atoms with Crippen molar-refractivity contribution in [3.8, 4) is 0 Å². The monoisotopic (exact) mass is 167 g/mol. The summed E-state index contributed by atoms with van der Waals surface area (Å²) in [5, 5.41) is 0. The number of hydrogen-bond donors (Lipinski definition) is 2. The third-order valence-corrected chi connectivity index (χ3v) is 1.53. The standard InChI is InChI=1S/C8H13N3O/c1-3-10-8(11-9)7-6(2)4-5-12-7/h4-5H,3,9H2,1-2H3,(H,10,11). The highest BCUT2D eigenvalue weighted by molar-refractivity contribution is 5.97. The topological polar surface area (TPSA) is 63.5 Å². The van der Waals surface area contributed by atoms with Crippen LogP contribution in [0.5, 0.6) is 0 Å². The van der Waals surface area contributed by atoms with Crippen molar-refractivity contribution in [1.82, 2.24) is 5.43 Å². The second kappa shape index (κ2) is 3.92. The van der Waals surface area contributed by atoms with Crippen molar-refractivity contribution >= 4 is 5.84 Å². The maximum absolute atomic E-state index is 5.28. The molecule has 0 radical (unpaired) electrons. The molecule has 0 aliphatic rings. The van der Waals surface area contributed by atoms with Crippen molar-refractivity contribution in [2.45, 2.75) is 13.8 Å². The van der Waals surface area contributed by atoms with Crippen LogP contribution in [0.25, 0.3) is 0 Å². The fourth-order valence-electron chi connectivity index (χ4n) is 0.956. The van der Waals surface area contributed by atoms with E-state index in [1.807, 2.05) is 19.9 Å². The van der Waals surface area contributed by atoms with E-state index in [-0.39, 0.29) is 0 Å². The highest BCUT2D eigenvalue weighted by Crippen LogP contribution is 2.08. The van der Waals surface area contributed by atoms with E-state index in [1.54, 1.807) is 6.26 Å². The summed E-state index contributed by atoms with van der Waals surface area (Å²) in [5.74, 6) is 6.58. The Labute approximate surface area is 71.4 Å². The second-order valence-electron chi connectivity index (χ2n) is 2.40. The van der Waals surface area contributed by atoms with E-state index in [0.717, 1.165) is 5.56 Å². The minimum absolute atomic E-state index is 0.597. The number of aliphatic imine (C=N–C) groups is 1. The van der Waals surface area contributed by atoms with Crippen molar-refractivity contribution in [3.05, 3.63) is 23.7 Å². The number of aryl methyl sites for hydroxylation is 1. The zero-order valence-corrected chi connectivity index (χ0v) is 7.29. The number of rotatable bonds is 2. The highest BCUT2D eigenvalue weighted by atomic mass is 16.3. The van der Waals surface area contributed by atoms with Gasteiger partial charge in [0, 0.05) is 6.54 Å². The summed E-state index contributed by atoms with van der Waals surface area (Å²) in [4.78, 5) is 4.13. The Morgan fingerprint density at radius 3 is 2.92 bits per heavy atom. The normalized spacial score (nSPS) is 11.8. The van der Waals surface area contributed by atoms with Crippen molar-refractivity contribution in [1.29, 1.82) is 0 Å². The molecule has 0 fully saturated rings. The quantitative estimate of drug-likeness (QED) is 0.296. The summed E-state index contributed by atoms with van der Waals surface area (Å²) in [6, 6.07) is 1.87. The molecule has 0 amide bonds. The first-order valence-corrected chi connectivity index (χ1v) is 3.85. The van der Waals surface area contributed by atoms with Gasteiger partial charge in [0.15, 0.2) is 11.6 Å². The van der Waals surface area contributed by atoms with Gasteiger partial charge in [-0.2, -0.15) is 0 Å². The smallest absolute Gasteiger partial charge is 0.179 e. The Balaban J connectivity index is 2.95. The molecule has 0 saturated carbocycles. The van der Waals surface area contributed by atoms with Gasteiger partial charge in [0.2, 0.25) is 0 Å². The molecule has 0 aliphatic heterocycles. The number of hydrogen-bond acceptors (Lipinski definition) is 3. The molecule has 0 aliphatic carbocycles. The number of hydrazine groups is 1. The fourth-order valence-corrected chi connectivity index (χ4v) is 0.956. The van der Waals surface area contributed by atoms with Crippen molar-refractivity contribution in [3.63, 3.8) is 0 Å². The number of nitrogens with zero attached hydrogens (tertiary/aromatic N) is 1. The minimum atomic E-state index is 0.597. The molecule has 0 aromatic carbocycles. The van der Waals surface area contributed by atoms with Crippen LogP contribution in [-0.4, -0.2) is 12.4 Å². The summed E-state index contributed by atoms with van der Waals surface area (Å²) >= 11 is 0. The largest absolute Gasteiger partial charge is 0.461 e. The van der Waals surface area contributed by atoms with Gasteiger partial charge in [0.05, 0.1) is 6.26 Å². The van der Waals surface area contributed by atoms with Crippen LogP contribution in [-0.2, 0) is 0 Å². The molecule has 0 bridgehead atoms. The fraction of sp³-hybridized carbons (Fsp3) is 0.375. The van der Waals surface area contributed by atoms with Crippen molar-refractivity contribution < 1.29 is 4.42 Å². The van der Waals surface area contributed by atoms with Crippen LogP contribution in [0.4, 0.5) is 0 Å². The van der Waals surface area contributed by atoms with Crippen molar-refractivity contribution in [2.75, 3.05) is 6.54 Å². The first kappa shape index (κ1) is 8.80. The Kier molecular flexibility index (Phi) is 2.88. The molecular formula is C8H13N3O. The second-order valence-corrected chi connectivity index (χ2v) is 2.40. The van der Waals surface area contributed by atoms with E-state index in [1.165, 1.54) is 0 Å². The van der Waals surface area contributed by atoms with E-state index >= 15 is 0 Å². The van der Waals surface area contributed by atoms with Gasteiger partial charge < -0.3 is 9.84 Å². The Bertz CT molecular complexity index is 278. The Morgan fingerprint density at radius 1 is 1.75 bits per heavy atom. The van der Waals surface area contributed by atoms with E-state index in [2.05, 4.69) is 10.4 Å². The molecule has 0 spiro atoms. The summed E-state index contributed by atoms with van der Waals surface area (Å²) in [5.41, 5.74) is 3.53. The molecule has 3 N–H and O–H groups in total. The molecule has 1 rings (SSSR count). The van der Waals surface area contributed by atoms with E-state index in [0.29, 0.717) is 18.1 Å². The van der Waals surface area contributed by atoms with Crippen LogP contribution in [0, 0.1) is 6.92 Å². The van der Waals surface area contributed by atoms with Gasteiger partial charge in [0.1, 0.15) is 0 Å². The summed E-state index contributed by atoms with van der Waals surface area (Å²) in [7, 11) is 0. The molecule has 0 saturated heterocycles. The van der Waals surface area contributed by atoms with Crippen LogP contribution in [0.15, 0.2) is 21.7 Å². The lowest BCUT2D eigenvalue weighted by Gasteiger charge is -2.01. The maximum atomic E-state index is 5.28. The van der Waals surface area contributed by atoms with E-state index in [9.17, 15) is 0 Å². The lowest BCUT2D eigenvalue weighted by molar-refractivity contribution is 0.551. The predicted octanol–water partition coefficient (Wildman–Crippen LogP) is 0.818. The SMILES string of the molecule is CCN=C(NN)c1occc1C. The van der Waals surface area contributed by atoms with Gasteiger partial charge in [-0.1, -0.05) is 0 Å². The molecule has 4 heteroatoms. The Hall–Kier alpha value is -1.29. The zero-order chi connectivity index (χ0) is 8.97. The molecule has 0 atom stereocenters. The van der Waals surface area contributed by atoms with Gasteiger partial charge in [-0.05, 0) is 25.5 Å². The van der Waals surface area contributed by atoms with Gasteiger partial charge in [0.25, 0.3) is 0 Å². The molecule has 1 aromatic rings. The third kappa shape index (κ3) is 1.65. The molecule has 0 unspecified atom stereocenters. The van der Waals surface area contributed by atoms with Crippen molar-refractivity contribution in [2.24, 2.45) is 10.8 Å². The van der Waals surface area contributed by atoms with Gasteiger partial charge in [-0.15, -0.1) is 0 Å². The highest BCUT2D eigenvalue weighted by Gasteiger charge is 2.07. The van der Waals surface area contributed by atoms with Gasteiger partial charge in [-0.3, -0.25) is 4.99 Å². The summed E-state index contributed by atoms with van der Waals surface area (Å²) < 4.78 is 5.20. The van der Waals surface area contributed by atoms with Crippen LogP contribution in [0.1, 0.15) is 18.2 Å². The van der Waals surface area contributed by atoms with Gasteiger partial charge >= 0.3 is 0 Å². The summed E-state index contributed by atoms with van der Waals surface area (Å²) in [6.45, 7) is 4.57. The number of nitrogens with two attached hydrogens (primary N) is 1. The molecule has 4 nitrogen and oxygen atoms in total. The Morgan fingerprint density at radius 2 is 2.50 bits per heavy atom. The number of furan rings is 1. The van der Waals surface area contributed by atoms with E-state index < -0.39 is 0 Å². The first-order valence-electron chi connectivity index (χ1n) is 3.85.